The van der Waals surface area contributed by atoms with Gasteiger partial charge in [0.1, 0.15) is 0 Å². The summed E-state index contributed by atoms with van der Waals surface area (Å²) in [4.78, 5) is 2.41. The summed E-state index contributed by atoms with van der Waals surface area (Å²) >= 11 is 0. The van der Waals surface area contributed by atoms with E-state index in [-0.39, 0.29) is 0 Å². The van der Waals surface area contributed by atoms with E-state index in [1.54, 1.807) is 7.11 Å². The third kappa shape index (κ3) is 3.98. The molecule has 0 unspecified atom stereocenters. The van der Waals surface area contributed by atoms with Crippen molar-refractivity contribution in [2.75, 3.05) is 51.4 Å². The van der Waals surface area contributed by atoms with Gasteiger partial charge in [-0.05, 0) is 17.7 Å². The van der Waals surface area contributed by atoms with Gasteiger partial charge >= 0.3 is 0 Å². The zero-order valence-corrected chi connectivity index (χ0v) is 11.0. The average molecular weight is 250 g/mol. The average Bonchev–Trinajstić information content (AvgIpc) is 2.45. The lowest BCUT2D eigenvalue weighted by Crippen LogP contribution is -2.43. The lowest BCUT2D eigenvalue weighted by molar-refractivity contribution is 0.0617. The Morgan fingerprint density at radius 1 is 1.11 bits per heavy atom. The van der Waals surface area contributed by atoms with Crippen LogP contribution in [0.4, 0.5) is 5.69 Å². The summed E-state index contributed by atoms with van der Waals surface area (Å²) < 4.78 is 10.4. The number of methoxy groups -OCH3 is 1. The second-order valence-electron chi connectivity index (χ2n) is 4.45. The number of anilines is 1. The van der Waals surface area contributed by atoms with Crippen LogP contribution in [0.1, 0.15) is 5.56 Å². The first kappa shape index (κ1) is 13.3. The standard InChI is InChI=1S/C14H22N2O2/c1-17-10-11-18-12-13-2-4-14(5-3-13)16-8-6-15-7-9-16/h2-5,15H,6-12H2,1H3. The highest BCUT2D eigenvalue weighted by Crippen LogP contribution is 2.16. The van der Waals surface area contributed by atoms with Gasteiger partial charge in [-0.25, -0.2) is 0 Å². The molecule has 1 aliphatic rings. The summed E-state index contributed by atoms with van der Waals surface area (Å²) in [6, 6.07) is 8.65. The third-order valence-electron chi connectivity index (χ3n) is 3.12. The molecular formula is C14H22N2O2. The molecule has 0 amide bonds. The van der Waals surface area contributed by atoms with E-state index >= 15 is 0 Å². The van der Waals surface area contributed by atoms with E-state index in [9.17, 15) is 0 Å². The van der Waals surface area contributed by atoms with Crippen LogP contribution in [0.3, 0.4) is 0 Å². The molecule has 2 rings (SSSR count). The van der Waals surface area contributed by atoms with Crippen LogP contribution >= 0.6 is 0 Å². The Labute approximate surface area is 109 Å². The van der Waals surface area contributed by atoms with Crippen LogP contribution < -0.4 is 10.2 Å². The fraction of sp³-hybridized carbons (Fsp3) is 0.571. The zero-order chi connectivity index (χ0) is 12.6. The number of rotatable bonds is 6. The van der Waals surface area contributed by atoms with E-state index in [0.717, 1.165) is 26.2 Å². The summed E-state index contributed by atoms with van der Waals surface area (Å²) in [7, 11) is 1.69. The largest absolute Gasteiger partial charge is 0.382 e. The second-order valence-corrected chi connectivity index (χ2v) is 4.45. The monoisotopic (exact) mass is 250 g/mol. The lowest BCUT2D eigenvalue weighted by Gasteiger charge is -2.29. The van der Waals surface area contributed by atoms with Crippen LogP contribution in [0.5, 0.6) is 0 Å². The van der Waals surface area contributed by atoms with Gasteiger partial charge in [0.15, 0.2) is 0 Å². The molecule has 100 valence electrons. The Morgan fingerprint density at radius 2 is 1.83 bits per heavy atom. The van der Waals surface area contributed by atoms with Crippen LogP contribution in [0.2, 0.25) is 0 Å². The Hall–Kier alpha value is -1.10. The lowest BCUT2D eigenvalue weighted by atomic mass is 10.2. The Kier molecular flexibility index (Phi) is 5.45. The summed E-state index contributed by atoms with van der Waals surface area (Å²) in [6.45, 7) is 6.28. The van der Waals surface area contributed by atoms with Gasteiger partial charge in [-0.1, -0.05) is 12.1 Å². The maximum Gasteiger partial charge on any atom is 0.0718 e. The van der Waals surface area contributed by atoms with Gasteiger partial charge in [-0.15, -0.1) is 0 Å². The maximum absolute atomic E-state index is 5.50. The first-order valence-corrected chi connectivity index (χ1v) is 6.51. The van der Waals surface area contributed by atoms with Gasteiger partial charge in [-0.2, -0.15) is 0 Å². The van der Waals surface area contributed by atoms with Crippen molar-refractivity contribution < 1.29 is 9.47 Å². The topological polar surface area (TPSA) is 33.7 Å². The molecule has 1 aromatic rings. The molecule has 0 aromatic heterocycles. The molecule has 4 heteroatoms. The molecule has 1 saturated heterocycles. The van der Waals surface area contributed by atoms with Crippen molar-refractivity contribution >= 4 is 5.69 Å². The summed E-state index contributed by atoms with van der Waals surface area (Å²) in [5, 5.41) is 3.36. The predicted octanol–water partition coefficient (Wildman–Crippen LogP) is 1.26. The van der Waals surface area contributed by atoms with Crippen LogP contribution in [0.25, 0.3) is 0 Å². The molecule has 0 bridgehead atoms. The third-order valence-corrected chi connectivity index (χ3v) is 3.12. The van der Waals surface area contributed by atoms with Crippen LogP contribution in [0, 0.1) is 0 Å². The Morgan fingerprint density at radius 3 is 2.50 bits per heavy atom. The van der Waals surface area contributed by atoms with Gasteiger partial charge < -0.3 is 19.7 Å². The predicted molar refractivity (Wildman–Crippen MR) is 73.1 cm³/mol. The molecule has 1 N–H and O–H groups in total. The number of nitrogens with one attached hydrogen (secondary N) is 1. The van der Waals surface area contributed by atoms with Crippen molar-refractivity contribution in [2.45, 2.75) is 6.61 Å². The minimum absolute atomic E-state index is 0.649. The van der Waals surface area contributed by atoms with E-state index < -0.39 is 0 Å². The Bertz CT molecular complexity index is 334. The molecule has 1 fully saturated rings. The van der Waals surface area contributed by atoms with Crippen LogP contribution in [-0.2, 0) is 16.1 Å². The minimum atomic E-state index is 0.649. The molecule has 1 heterocycles. The molecule has 4 nitrogen and oxygen atoms in total. The molecule has 1 aliphatic heterocycles. The minimum Gasteiger partial charge on any atom is -0.382 e. The van der Waals surface area contributed by atoms with Gasteiger partial charge in [0.2, 0.25) is 0 Å². The highest BCUT2D eigenvalue weighted by molar-refractivity contribution is 5.48. The molecule has 0 atom stereocenters. The molecular weight excluding hydrogens is 228 g/mol. The van der Waals surface area contributed by atoms with E-state index in [0.29, 0.717) is 19.8 Å². The molecule has 1 aromatic carbocycles. The number of nitrogens with zero attached hydrogens (tertiary/aromatic N) is 1. The van der Waals surface area contributed by atoms with Crippen molar-refractivity contribution in [3.8, 4) is 0 Å². The normalized spacial score (nSPS) is 15.9. The highest BCUT2D eigenvalue weighted by atomic mass is 16.5. The number of piperazine rings is 1. The van der Waals surface area contributed by atoms with Crippen molar-refractivity contribution in [3.63, 3.8) is 0 Å². The first-order chi connectivity index (χ1) is 8.90. The summed E-state index contributed by atoms with van der Waals surface area (Å²) in [5.41, 5.74) is 2.52. The molecule has 0 spiro atoms. The number of hydrogen-bond donors (Lipinski definition) is 1. The molecule has 18 heavy (non-hydrogen) atoms. The fourth-order valence-electron chi connectivity index (χ4n) is 2.06. The van der Waals surface area contributed by atoms with Gasteiger partial charge in [0.05, 0.1) is 19.8 Å². The second kappa shape index (κ2) is 7.36. The van der Waals surface area contributed by atoms with Gasteiger partial charge in [0.25, 0.3) is 0 Å². The van der Waals surface area contributed by atoms with Crippen molar-refractivity contribution in [2.24, 2.45) is 0 Å². The number of hydrogen-bond acceptors (Lipinski definition) is 4. The SMILES string of the molecule is COCCOCc1ccc(N2CCNCC2)cc1. The van der Waals surface area contributed by atoms with E-state index in [2.05, 4.69) is 34.5 Å². The van der Waals surface area contributed by atoms with Crippen LogP contribution in [-0.4, -0.2) is 46.5 Å². The zero-order valence-electron chi connectivity index (χ0n) is 11.0. The summed E-state index contributed by atoms with van der Waals surface area (Å²) in [5.74, 6) is 0. The smallest absolute Gasteiger partial charge is 0.0718 e. The fourth-order valence-corrected chi connectivity index (χ4v) is 2.06. The van der Waals surface area contributed by atoms with Gasteiger partial charge in [0, 0.05) is 39.0 Å². The van der Waals surface area contributed by atoms with Crippen molar-refractivity contribution in [1.82, 2.24) is 5.32 Å². The number of benzene rings is 1. The van der Waals surface area contributed by atoms with Crippen LogP contribution in [0.15, 0.2) is 24.3 Å². The molecule has 0 saturated carbocycles. The van der Waals surface area contributed by atoms with Crippen molar-refractivity contribution in [3.05, 3.63) is 29.8 Å². The molecule has 0 aliphatic carbocycles. The van der Waals surface area contributed by atoms with E-state index in [1.807, 2.05) is 0 Å². The summed E-state index contributed by atoms with van der Waals surface area (Å²) in [6.07, 6.45) is 0. The number of ether oxygens (including phenoxy) is 2. The maximum atomic E-state index is 5.50. The Balaban J connectivity index is 1.81. The quantitative estimate of drug-likeness (QED) is 0.771. The highest BCUT2D eigenvalue weighted by Gasteiger charge is 2.09. The van der Waals surface area contributed by atoms with Crippen molar-refractivity contribution in [1.29, 1.82) is 0 Å². The van der Waals surface area contributed by atoms with E-state index in [4.69, 9.17) is 9.47 Å². The van der Waals surface area contributed by atoms with Gasteiger partial charge in [-0.3, -0.25) is 0 Å². The molecule has 0 radical (unpaired) electrons. The van der Waals surface area contributed by atoms with E-state index in [1.165, 1.54) is 11.3 Å². The first-order valence-electron chi connectivity index (χ1n) is 6.51.